The van der Waals surface area contributed by atoms with Crippen molar-refractivity contribution in [3.05, 3.63) is 35.3 Å². The molecule has 2 saturated heterocycles. The van der Waals surface area contributed by atoms with Crippen molar-refractivity contribution in [2.75, 3.05) is 18.1 Å². The summed E-state index contributed by atoms with van der Waals surface area (Å²) in [4.78, 5) is 39.3. The molecule has 2 aliphatic heterocycles. The van der Waals surface area contributed by atoms with Crippen molar-refractivity contribution in [2.24, 2.45) is 5.41 Å². The van der Waals surface area contributed by atoms with Gasteiger partial charge in [0.15, 0.2) is 15.3 Å². The second-order valence-electron chi connectivity index (χ2n) is 7.46. The van der Waals surface area contributed by atoms with Crippen LogP contribution in [0.25, 0.3) is 0 Å². The summed E-state index contributed by atoms with van der Waals surface area (Å²) < 4.78 is 14.8. The fourth-order valence-electron chi connectivity index (χ4n) is 3.56. The molecule has 1 aromatic heterocycles. The van der Waals surface area contributed by atoms with Gasteiger partial charge in [-0.25, -0.2) is 0 Å². The van der Waals surface area contributed by atoms with E-state index >= 15 is 0 Å². The van der Waals surface area contributed by atoms with Gasteiger partial charge < -0.3 is 19.4 Å². The predicted octanol–water partition coefficient (Wildman–Crippen LogP) is -2.47. The van der Waals surface area contributed by atoms with Crippen LogP contribution in [-0.2, 0) is 25.7 Å². The summed E-state index contributed by atoms with van der Waals surface area (Å²) in [5, 5.41) is 20.3. The molecular formula is C19H19N4NaO5S4. The second-order valence-corrected chi connectivity index (χ2v) is 12.3. The Morgan fingerprint density at radius 2 is 2.03 bits per heavy atom. The Labute approximate surface area is 228 Å². The van der Waals surface area contributed by atoms with Crippen molar-refractivity contribution >= 4 is 64.0 Å². The Balaban J connectivity index is 0.00000306. The van der Waals surface area contributed by atoms with Gasteiger partial charge in [-0.1, -0.05) is 41.3 Å². The third-order valence-electron chi connectivity index (χ3n) is 5.22. The van der Waals surface area contributed by atoms with E-state index in [0.717, 1.165) is 9.31 Å². The molecule has 0 aliphatic carbocycles. The molecule has 2 amide bonds. The van der Waals surface area contributed by atoms with Crippen molar-refractivity contribution in [1.82, 2.24) is 19.4 Å². The minimum absolute atomic E-state index is 0. The number of carboxylic acid groups (broad SMARTS) is 1. The number of fused-ring (bicyclic) bond motifs is 1. The van der Waals surface area contributed by atoms with Crippen LogP contribution in [0.3, 0.4) is 0 Å². The molecule has 0 bridgehead atoms. The molecule has 2 aliphatic rings. The molecule has 4 rings (SSSR count). The molecule has 33 heavy (non-hydrogen) atoms. The van der Waals surface area contributed by atoms with Crippen molar-refractivity contribution in [3.8, 4) is 0 Å². The number of carbonyl (C=O) groups is 3. The number of rotatable bonds is 7. The summed E-state index contributed by atoms with van der Waals surface area (Å²) in [6.07, 6.45) is 0. The molecule has 4 atom stereocenters. The average molecular weight is 535 g/mol. The number of hydrogen-bond donors (Lipinski definition) is 0. The fourth-order valence-corrected chi connectivity index (χ4v) is 8.61. The Bertz CT molecular complexity index is 1040. The molecule has 1 aromatic carbocycles. The first-order valence-corrected chi connectivity index (χ1v) is 13.5. The molecule has 0 N–H and O–H groups in total. The van der Waals surface area contributed by atoms with Crippen LogP contribution in [0.2, 0.25) is 0 Å². The monoisotopic (exact) mass is 534 g/mol. The van der Waals surface area contributed by atoms with Gasteiger partial charge in [-0.2, -0.15) is 0 Å². The number of aryl methyl sites for hydroxylation is 1. The minimum Gasteiger partial charge on any atom is -0.588 e. The van der Waals surface area contributed by atoms with Crippen molar-refractivity contribution in [3.63, 3.8) is 0 Å². The fraction of sp³-hybridized carbons (Fsp3) is 0.421. The van der Waals surface area contributed by atoms with Crippen LogP contribution in [0.4, 0.5) is 0 Å². The van der Waals surface area contributed by atoms with E-state index < -0.39 is 46.0 Å². The third-order valence-corrected chi connectivity index (χ3v) is 10.6. The summed E-state index contributed by atoms with van der Waals surface area (Å²) in [6, 6.07) is 7.55. The van der Waals surface area contributed by atoms with Crippen molar-refractivity contribution < 1.29 is 53.6 Å². The van der Waals surface area contributed by atoms with Crippen molar-refractivity contribution in [1.29, 1.82) is 0 Å². The number of β-lactam (4-membered cyclic amide) rings is 1. The zero-order valence-electron chi connectivity index (χ0n) is 18.1. The molecule has 0 spiro atoms. The number of carboxylic acids is 1. The number of thioether (sulfide) groups is 2. The molecule has 0 saturated carbocycles. The maximum absolute atomic E-state index is 13.1. The zero-order chi connectivity index (χ0) is 23.0. The quantitative estimate of drug-likeness (QED) is 0.164. The topological polar surface area (TPSA) is 130 Å². The Hall–Kier alpha value is -0.800. The van der Waals surface area contributed by atoms with E-state index in [2.05, 4.69) is 10.2 Å². The summed E-state index contributed by atoms with van der Waals surface area (Å²) in [6.45, 7) is 3.06. The second kappa shape index (κ2) is 10.9. The Morgan fingerprint density at radius 1 is 1.33 bits per heavy atom. The number of nitrogens with zero attached hydrogens (tertiary/aromatic N) is 4. The van der Waals surface area contributed by atoms with Gasteiger partial charge in [0.2, 0.25) is 0 Å². The smallest absolute Gasteiger partial charge is 0.588 e. The number of hydrogen-bond acceptors (Lipinski definition) is 10. The molecule has 14 heteroatoms. The van der Waals surface area contributed by atoms with E-state index in [1.807, 2.05) is 6.92 Å². The van der Waals surface area contributed by atoms with Crippen LogP contribution < -0.4 is 34.7 Å². The molecule has 0 radical (unpaired) electrons. The summed E-state index contributed by atoms with van der Waals surface area (Å²) in [5.74, 6) is -1.74. The average Bonchev–Trinajstić information content (AvgIpc) is 3.20. The zero-order valence-corrected chi connectivity index (χ0v) is 23.4. The van der Waals surface area contributed by atoms with Crippen LogP contribution in [0, 0.1) is 12.3 Å². The predicted molar refractivity (Wildman–Crippen MR) is 120 cm³/mol. The van der Waals surface area contributed by atoms with Crippen LogP contribution in [0.1, 0.15) is 11.9 Å². The summed E-state index contributed by atoms with van der Waals surface area (Å²) in [7, 11) is 0. The molecule has 3 unspecified atom stereocenters. The van der Waals surface area contributed by atoms with Gasteiger partial charge in [-0.3, -0.25) is 9.59 Å². The van der Waals surface area contributed by atoms with Crippen LogP contribution >= 0.6 is 34.9 Å². The summed E-state index contributed by atoms with van der Waals surface area (Å²) in [5.41, 5.74) is -1.26. The maximum atomic E-state index is 13.1. The van der Waals surface area contributed by atoms with Crippen LogP contribution in [0.15, 0.2) is 39.6 Å². The number of carbonyl (C=O) groups excluding carboxylic acids is 3. The van der Waals surface area contributed by atoms with Gasteiger partial charge in [0, 0.05) is 30.4 Å². The Kier molecular flexibility index (Phi) is 8.82. The normalized spacial score (nSPS) is 24.8. The molecule has 2 fully saturated rings. The maximum Gasteiger partial charge on any atom is 1.00 e. The number of benzene rings is 1. The molecular weight excluding hydrogens is 515 g/mol. The molecule has 3 heterocycles. The summed E-state index contributed by atoms with van der Waals surface area (Å²) >= 11 is 2.08. The van der Waals surface area contributed by atoms with Gasteiger partial charge in [0.1, 0.15) is 21.7 Å². The first-order valence-electron chi connectivity index (χ1n) is 9.57. The largest absolute Gasteiger partial charge is 1.00 e. The van der Waals surface area contributed by atoms with E-state index in [9.17, 15) is 24.0 Å². The van der Waals surface area contributed by atoms with Crippen LogP contribution in [0.5, 0.6) is 0 Å². The first-order chi connectivity index (χ1) is 15.2. The minimum atomic E-state index is -1.84. The van der Waals surface area contributed by atoms with E-state index in [-0.39, 0.29) is 47.6 Å². The number of amides is 2. The molecule has 2 aromatic rings. The molecule has 170 valence electrons. The SMILES string of the molecule is CC(=O)N(C1C(=O)N2CC(CSc3nnc(C)s3)(C(=O)[O-])CS[C@H]12)[S+]([O-])c1ccccc1.[Na+]. The van der Waals surface area contributed by atoms with Gasteiger partial charge in [0.05, 0.1) is 5.97 Å². The van der Waals surface area contributed by atoms with E-state index in [1.165, 1.54) is 46.7 Å². The van der Waals surface area contributed by atoms with E-state index in [1.54, 1.807) is 30.3 Å². The molecule has 9 nitrogen and oxygen atoms in total. The first kappa shape index (κ1) is 26.8. The Morgan fingerprint density at radius 3 is 2.61 bits per heavy atom. The van der Waals surface area contributed by atoms with Gasteiger partial charge in [-0.15, -0.1) is 26.3 Å². The number of aliphatic carboxylic acids is 1. The standard InChI is InChI=1S/C19H20N4O5S4.Na/c1-11-20-21-18(31-11)30-10-19(17(26)27)8-22-15(25)14(16(22)29-9-19)23(12(2)24)32(28)13-6-4-3-5-7-13;/h3-7,14,16H,8-10H2,1-2H3,(H,26,27);/q;+1/p-1/t14?,16-,19?,32?;/m1./s1. The third kappa shape index (κ3) is 5.25. The van der Waals surface area contributed by atoms with E-state index in [0.29, 0.717) is 9.24 Å². The van der Waals surface area contributed by atoms with Crippen LogP contribution in [-0.4, -0.2) is 71.2 Å². The van der Waals surface area contributed by atoms with E-state index in [4.69, 9.17) is 0 Å². The van der Waals surface area contributed by atoms with Gasteiger partial charge in [0.25, 0.3) is 11.8 Å². The van der Waals surface area contributed by atoms with Gasteiger partial charge in [-0.05, 0) is 19.1 Å². The number of aromatic nitrogens is 2. The van der Waals surface area contributed by atoms with Gasteiger partial charge >= 0.3 is 29.6 Å². The van der Waals surface area contributed by atoms with Crippen molar-refractivity contribution in [2.45, 2.75) is 34.5 Å².